The number of halogens is 3. The summed E-state index contributed by atoms with van der Waals surface area (Å²) >= 11 is 2.97. The van der Waals surface area contributed by atoms with Gasteiger partial charge < -0.3 is 10.4 Å². The van der Waals surface area contributed by atoms with Crippen molar-refractivity contribution in [2.45, 2.75) is 32.4 Å². The number of β-amino-alcohol motifs (C(OH)–C–C–N with tert-alkyl or cyclic N) is 1. The van der Waals surface area contributed by atoms with E-state index in [1.807, 2.05) is 20.8 Å². The van der Waals surface area contributed by atoms with Gasteiger partial charge in [-0.15, -0.1) is 0 Å². The van der Waals surface area contributed by atoms with E-state index in [4.69, 9.17) is 0 Å². The van der Waals surface area contributed by atoms with Crippen molar-refractivity contribution in [1.29, 1.82) is 0 Å². The van der Waals surface area contributed by atoms with Gasteiger partial charge in [-0.25, -0.2) is 8.78 Å². The molecule has 96 valence electrons. The van der Waals surface area contributed by atoms with E-state index in [2.05, 4.69) is 21.2 Å². The predicted octanol–water partition coefficient (Wildman–Crippen LogP) is 3.15. The van der Waals surface area contributed by atoms with Crippen LogP contribution in [-0.2, 0) is 0 Å². The summed E-state index contributed by atoms with van der Waals surface area (Å²) in [6.07, 6.45) is -1.22. The van der Waals surface area contributed by atoms with Crippen molar-refractivity contribution in [2.24, 2.45) is 0 Å². The lowest BCUT2D eigenvalue weighted by atomic mass is 10.1. The Morgan fingerprint density at radius 3 is 2.47 bits per heavy atom. The zero-order chi connectivity index (χ0) is 13.2. The van der Waals surface area contributed by atoms with Crippen LogP contribution >= 0.6 is 15.9 Å². The normalized spacial score (nSPS) is 13.8. The molecule has 5 heteroatoms. The van der Waals surface area contributed by atoms with Gasteiger partial charge in [0.05, 0.1) is 16.1 Å². The van der Waals surface area contributed by atoms with Gasteiger partial charge in [0.25, 0.3) is 0 Å². The van der Waals surface area contributed by atoms with Crippen molar-refractivity contribution in [2.75, 3.05) is 6.54 Å². The van der Waals surface area contributed by atoms with Crippen LogP contribution in [0.15, 0.2) is 16.6 Å². The maximum atomic E-state index is 13.7. The van der Waals surface area contributed by atoms with E-state index in [9.17, 15) is 13.9 Å². The van der Waals surface area contributed by atoms with Crippen molar-refractivity contribution in [3.8, 4) is 0 Å². The molecule has 0 aliphatic heterocycles. The molecule has 0 spiro atoms. The summed E-state index contributed by atoms with van der Waals surface area (Å²) in [5.41, 5.74) is -0.531. The highest BCUT2D eigenvalue weighted by molar-refractivity contribution is 9.10. The second-order valence-electron chi connectivity index (χ2n) is 4.90. The van der Waals surface area contributed by atoms with Gasteiger partial charge in [-0.3, -0.25) is 0 Å². The van der Waals surface area contributed by atoms with Crippen molar-refractivity contribution >= 4 is 15.9 Å². The fourth-order valence-corrected chi connectivity index (χ4v) is 1.70. The van der Waals surface area contributed by atoms with Crippen molar-refractivity contribution < 1.29 is 13.9 Å². The van der Waals surface area contributed by atoms with Gasteiger partial charge in [0.15, 0.2) is 0 Å². The van der Waals surface area contributed by atoms with Gasteiger partial charge in [-0.2, -0.15) is 0 Å². The highest BCUT2D eigenvalue weighted by atomic mass is 79.9. The summed E-state index contributed by atoms with van der Waals surface area (Å²) in [6, 6.07) is 2.40. The Kier molecular flexibility index (Phi) is 4.63. The first-order valence-corrected chi connectivity index (χ1v) is 6.08. The van der Waals surface area contributed by atoms with Crippen LogP contribution in [-0.4, -0.2) is 17.2 Å². The minimum atomic E-state index is -1.22. The fraction of sp³-hybridized carbons (Fsp3) is 0.500. The quantitative estimate of drug-likeness (QED) is 0.841. The maximum Gasteiger partial charge on any atom is 0.146 e. The van der Waals surface area contributed by atoms with Crippen LogP contribution in [0.2, 0.25) is 0 Å². The number of hydrogen-bond donors (Lipinski definition) is 2. The molecule has 0 aliphatic carbocycles. The number of hydrogen-bond acceptors (Lipinski definition) is 2. The van der Waals surface area contributed by atoms with Crippen molar-refractivity contribution in [3.05, 3.63) is 33.8 Å². The highest BCUT2D eigenvalue weighted by Crippen LogP contribution is 2.26. The third-order valence-electron chi connectivity index (χ3n) is 2.24. The van der Waals surface area contributed by atoms with Crippen LogP contribution in [0.25, 0.3) is 0 Å². The fourth-order valence-electron chi connectivity index (χ4n) is 1.35. The summed E-state index contributed by atoms with van der Waals surface area (Å²) < 4.78 is 27.3. The van der Waals surface area contributed by atoms with E-state index in [0.29, 0.717) is 0 Å². The van der Waals surface area contributed by atoms with E-state index in [-0.39, 0.29) is 22.1 Å². The first kappa shape index (κ1) is 14.5. The molecule has 2 nitrogen and oxygen atoms in total. The Balaban J connectivity index is 2.89. The monoisotopic (exact) mass is 307 g/mol. The Morgan fingerprint density at radius 1 is 1.35 bits per heavy atom. The zero-order valence-electron chi connectivity index (χ0n) is 10.0. The lowest BCUT2D eigenvalue weighted by Gasteiger charge is -2.23. The van der Waals surface area contributed by atoms with Crippen LogP contribution in [0.3, 0.4) is 0 Å². The van der Waals surface area contributed by atoms with Crippen LogP contribution in [0, 0.1) is 11.6 Å². The number of aliphatic hydroxyl groups is 1. The smallest absolute Gasteiger partial charge is 0.146 e. The third-order valence-corrected chi connectivity index (χ3v) is 2.85. The Bertz CT molecular complexity index is 404. The molecule has 1 aromatic carbocycles. The second-order valence-corrected chi connectivity index (χ2v) is 5.76. The van der Waals surface area contributed by atoms with Gasteiger partial charge in [-0.05, 0) is 48.8 Å². The molecule has 1 rings (SSSR count). The van der Waals surface area contributed by atoms with Crippen LogP contribution < -0.4 is 5.32 Å². The molecule has 2 N–H and O–H groups in total. The number of aliphatic hydroxyl groups excluding tert-OH is 1. The summed E-state index contributed by atoms with van der Waals surface area (Å²) in [6.45, 7) is 5.82. The number of nitrogens with one attached hydrogen (secondary N) is 1. The summed E-state index contributed by atoms with van der Waals surface area (Å²) in [4.78, 5) is 0. The maximum absolute atomic E-state index is 13.7. The molecule has 0 fully saturated rings. The SMILES string of the molecule is CC(C)(C)NCC(O)c1c(F)ccc(Br)c1F. The summed E-state index contributed by atoms with van der Waals surface area (Å²) in [7, 11) is 0. The average Bonchev–Trinajstić information content (AvgIpc) is 2.20. The lowest BCUT2D eigenvalue weighted by Crippen LogP contribution is -2.38. The van der Waals surface area contributed by atoms with Gasteiger partial charge in [0, 0.05) is 12.1 Å². The molecule has 0 aliphatic rings. The van der Waals surface area contributed by atoms with Gasteiger partial charge in [-0.1, -0.05) is 0 Å². The molecular weight excluding hydrogens is 292 g/mol. The molecule has 0 amide bonds. The molecule has 0 saturated carbocycles. The molecule has 0 aromatic heterocycles. The topological polar surface area (TPSA) is 32.3 Å². The highest BCUT2D eigenvalue weighted by Gasteiger charge is 2.21. The predicted molar refractivity (Wildman–Crippen MR) is 66.8 cm³/mol. The summed E-state index contributed by atoms with van der Waals surface area (Å²) in [5, 5.41) is 12.8. The van der Waals surface area contributed by atoms with E-state index < -0.39 is 17.7 Å². The lowest BCUT2D eigenvalue weighted by molar-refractivity contribution is 0.154. The van der Waals surface area contributed by atoms with Crippen LogP contribution in [0.1, 0.15) is 32.4 Å². The van der Waals surface area contributed by atoms with Crippen molar-refractivity contribution in [3.63, 3.8) is 0 Å². The molecule has 0 bridgehead atoms. The van der Waals surface area contributed by atoms with Crippen LogP contribution in [0.4, 0.5) is 8.78 Å². The Labute approximate surface area is 108 Å². The molecule has 0 heterocycles. The zero-order valence-corrected chi connectivity index (χ0v) is 11.6. The van der Waals surface area contributed by atoms with Crippen LogP contribution in [0.5, 0.6) is 0 Å². The van der Waals surface area contributed by atoms with Gasteiger partial charge in [0.1, 0.15) is 11.6 Å². The average molecular weight is 308 g/mol. The van der Waals surface area contributed by atoms with E-state index in [0.717, 1.165) is 6.07 Å². The first-order valence-electron chi connectivity index (χ1n) is 5.29. The second kappa shape index (κ2) is 5.42. The molecule has 1 atom stereocenters. The Morgan fingerprint density at radius 2 is 1.94 bits per heavy atom. The third kappa shape index (κ3) is 4.01. The van der Waals surface area contributed by atoms with E-state index >= 15 is 0 Å². The molecule has 1 unspecified atom stereocenters. The molecule has 1 aromatic rings. The first-order chi connectivity index (χ1) is 7.72. The molecule has 0 saturated heterocycles. The minimum absolute atomic E-state index is 0.0911. The molecule has 17 heavy (non-hydrogen) atoms. The number of rotatable bonds is 3. The minimum Gasteiger partial charge on any atom is -0.387 e. The van der Waals surface area contributed by atoms with Crippen molar-refractivity contribution in [1.82, 2.24) is 5.32 Å². The Hall–Kier alpha value is -0.520. The summed E-state index contributed by atoms with van der Waals surface area (Å²) in [5.74, 6) is -1.50. The van der Waals surface area contributed by atoms with E-state index in [1.165, 1.54) is 6.07 Å². The number of benzene rings is 1. The molecular formula is C12H16BrF2NO. The standard InChI is InChI=1S/C12H16BrF2NO/c1-12(2,3)16-6-9(17)10-8(14)5-4-7(13)11(10)15/h4-5,9,16-17H,6H2,1-3H3. The molecule has 0 radical (unpaired) electrons. The van der Waals surface area contributed by atoms with E-state index in [1.54, 1.807) is 0 Å². The van der Waals surface area contributed by atoms with Gasteiger partial charge in [0.2, 0.25) is 0 Å². The van der Waals surface area contributed by atoms with Gasteiger partial charge >= 0.3 is 0 Å². The largest absolute Gasteiger partial charge is 0.387 e.